The molecular weight excluding hydrogens is 560 g/mol. The number of aliphatic hydroxyl groups is 8. The average Bonchev–Trinajstić information content (AvgIpc) is 2.95. The van der Waals surface area contributed by atoms with Crippen molar-refractivity contribution in [1.29, 1.82) is 0 Å². The van der Waals surface area contributed by atoms with Gasteiger partial charge >= 0.3 is 0 Å². The van der Waals surface area contributed by atoms with Gasteiger partial charge in [-0.3, -0.25) is 0 Å². The Morgan fingerprint density at radius 2 is 1.69 bits per heavy atom. The molecule has 3 rings (SSSR count). The molecule has 15 atom stereocenters. The SMILES string of the molecule is CN[C@@H]1[C@@H](O)[C@@H](O[C@H]2[C@H](CCC(O)CN)C[C@H](N)C(O[C@H]3O[C@H](CNCCCO)[C@@H](O)[C@H](O)[C@H]3O)[C@@H]2O)OC[C@]1(C)O. The van der Waals surface area contributed by atoms with Crippen molar-refractivity contribution in [2.45, 2.75) is 118 Å². The van der Waals surface area contributed by atoms with Gasteiger partial charge in [-0.05, 0) is 52.1 Å². The molecule has 0 bridgehead atoms. The fraction of sp³-hybridized carbons (Fsp3) is 1.00. The van der Waals surface area contributed by atoms with Crippen LogP contribution in [0.3, 0.4) is 0 Å². The fourth-order valence-electron chi connectivity index (χ4n) is 6.04. The van der Waals surface area contributed by atoms with Gasteiger partial charge in [0.25, 0.3) is 0 Å². The number of rotatable bonds is 14. The molecule has 3 aliphatic rings. The summed E-state index contributed by atoms with van der Waals surface area (Å²) in [5.74, 6) is -0.421. The zero-order valence-electron chi connectivity index (χ0n) is 24.3. The standard InChI is InChI=1S/C26H52N4O12/c1-26(38)11-39-24(20(37)23(26)29-2)41-21-12(4-5-13(32)9-27)8-14(28)22(19(21)36)42-25-18(35)17(34)16(33)15(40-25)10-30-6-3-7-31/h12-25,29-38H,3-11,27-28H2,1-2H3/t12-,13?,14+,15-,16-,17+,18-,19-,20-,21+,22?,23-,24-,25-,26+/m1/s1. The van der Waals surface area contributed by atoms with Gasteiger partial charge in [0.2, 0.25) is 0 Å². The number of nitrogens with one attached hydrogen (secondary N) is 2. The molecule has 16 nitrogen and oxygen atoms in total. The normalized spacial score (nSPS) is 45.6. The van der Waals surface area contributed by atoms with Crippen molar-refractivity contribution >= 4 is 0 Å². The van der Waals surface area contributed by atoms with Crippen molar-refractivity contribution < 1.29 is 59.8 Å². The average molecular weight is 613 g/mol. The van der Waals surface area contributed by atoms with Crippen LogP contribution in [-0.4, -0.2) is 166 Å². The number of ether oxygens (including phenoxy) is 4. The molecule has 0 amide bonds. The molecule has 2 heterocycles. The Morgan fingerprint density at radius 1 is 1.00 bits per heavy atom. The van der Waals surface area contributed by atoms with Gasteiger partial charge in [0, 0.05) is 25.7 Å². The molecule has 1 aliphatic carbocycles. The highest BCUT2D eigenvalue weighted by atomic mass is 16.7. The molecule has 0 aromatic rings. The van der Waals surface area contributed by atoms with Gasteiger partial charge < -0.3 is 81.9 Å². The summed E-state index contributed by atoms with van der Waals surface area (Å²) in [5, 5.41) is 89.5. The Morgan fingerprint density at radius 3 is 2.33 bits per heavy atom. The number of aliphatic hydroxyl groups excluding tert-OH is 7. The van der Waals surface area contributed by atoms with Crippen molar-refractivity contribution in [3.05, 3.63) is 0 Å². The lowest BCUT2D eigenvalue weighted by atomic mass is 9.76. The molecule has 2 unspecified atom stereocenters. The van der Waals surface area contributed by atoms with Gasteiger partial charge in [0.1, 0.15) is 48.3 Å². The van der Waals surface area contributed by atoms with Gasteiger partial charge in [-0.1, -0.05) is 0 Å². The molecular formula is C26H52N4O12. The first-order valence-corrected chi connectivity index (χ1v) is 14.7. The molecule has 2 aliphatic heterocycles. The van der Waals surface area contributed by atoms with Crippen LogP contribution in [0.25, 0.3) is 0 Å². The minimum atomic E-state index is -1.66. The maximum absolute atomic E-state index is 11.5. The summed E-state index contributed by atoms with van der Waals surface area (Å²) >= 11 is 0. The van der Waals surface area contributed by atoms with Crippen LogP contribution in [0.1, 0.15) is 32.6 Å². The lowest BCUT2D eigenvalue weighted by Gasteiger charge is -2.49. The fourth-order valence-corrected chi connectivity index (χ4v) is 6.04. The molecule has 0 spiro atoms. The molecule has 1 saturated carbocycles. The van der Waals surface area contributed by atoms with E-state index in [1.807, 2.05) is 0 Å². The minimum absolute atomic E-state index is 0.0289. The summed E-state index contributed by atoms with van der Waals surface area (Å²) in [6.07, 6.45) is -12.7. The Balaban J connectivity index is 1.77. The van der Waals surface area contributed by atoms with E-state index in [0.29, 0.717) is 25.8 Å². The van der Waals surface area contributed by atoms with E-state index in [1.165, 1.54) is 6.92 Å². The van der Waals surface area contributed by atoms with Crippen LogP contribution in [-0.2, 0) is 18.9 Å². The number of nitrogens with two attached hydrogens (primary N) is 2. The smallest absolute Gasteiger partial charge is 0.187 e. The minimum Gasteiger partial charge on any atom is -0.396 e. The second-order valence-corrected chi connectivity index (χ2v) is 11.9. The van der Waals surface area contributed by atoms with Crippen molar-refractivity contribution in [2.75, 3.05) is 39.9 Å². The van der Waals surface area contributed by atoms with E-state index in [-0.39, 0.29) is 32.7 Å². The number of hydrogen-bond donors (Lipinski definition) is 12. The van der Waals surface area contributed by atoms with E-state index < -0.39 is 91.1 Å². The second kappa shape index (κ2) is 16.1. The molecule has 2 saturated heterocycles. The third-order valence-corrected chi connectivity index (χ3v) is 8.53. The predicted octanol–water partition coefficient (Wildman–Crippen LogP) is -5.60. The van der Waals surface area contributed by atoms with Gasteiger partial charge in [-0.15, -0.1) is 0 Å². The number of likely N-dealkylation sites (N-methyl/N-ethyl adjacent to an activating group) is 1. The highest BCUT2D eigenvalue weighted by molar-refractivity contribution is 5.01. The molecule has 0 aromatic carbocycles. The summed E-state index contributed by atoms with van der Waals surface area (Å²) < 4.78 is 23.5. The zero-order valence-corrected chi connectivity index (χ0v) is 24.3. The quantitative estimate of drug-likeness (QED) is 0.0815. The summed E-state index contributed by atoms with van der Waals surface area (Å²) in [5.41, 5.74) is 10.6. The summed E-state index contributed by atoms with van der Waals surface area (Å²) in [4.78, 5) is 0. The van der Waals surface area contributed by atoms with Crippen LogP contribution >= 0.6 is 0 Å². The zero-order chi connectivity index (χ0) is 31.2. The third kappa shape index (κ3) is 8.54. The molecule has 3 fully saturated rings. The Labute approximate surface area is 245 Å². The lowest BCUT2D eigenvalue weighted by Crippen LogP contribution is -2.67. The van der Waals surface area contributed by atoms with Crippen LogP contribution in [0.5, 0.6) is 0 Å². The van der Waals surface area contributed by atoms with E-state index in [1.54, 1.807) is 7.05 Å². The Hall–Kier alpha value is -0.640. The van der Waals surface area contributed by atoms with Crippen molar-refractivity contribution in [3.8, 4) is 0 Å². The first-order chi connectivity index (χ1) is 19.9. The monoisotopic (exact) mass is 612 g/mol. The Bertz CT molecular complexity index is 802. The van der Waals surface area contributed by atoms with Crippen molar-refractivity contribution in [1.82, 2.24) is 10.6 Å². The topological polar surface area (TPSA) is 275 Å². The first kappa shape index (κ1) is 35.8. The largest absolute Gasteiger partial charge is 0.396 e. The number of hydrogen-bond acceptors (Lipinski definition) is 16. The lowest BCUT2D eigenvalue weighted by molar-refractivity contribution is -0.333. The van der Waals surface area contributed by atoms with Crippen LogP contribution in [0.2, 0.25) is 0 Å². The summed E-state index contributed by atoms with van der Waals surface area (Å²) in [6.45, 7) is 1.89. The van der Waals surface area contributed by atoms with Crippen LogP contribution < -0.4 is 22.1 Å². The Kier molecular flexibility index (Phi) is 13.7. The van der Waals surface area contributed by atoms with Gasteiger partial charge in [-0.25, -0.2) is 0 Å². The summed E-state index contributed by atoms with van der Waals surface area (Å²) in [6, 6.07) is -1.59. The van der Waals surface area contributed by atoms with E-state index >= 15 is 0 Å². The molecule has 0 aromatic heterocycles. The van der Waals surface area contributed by atoms with Crippen LogP contribution in [0, 0.1) is 5.92 Å². The van der Waals surface area contributed by atoms with E-state index in [0.717, 1.165) is 0 Å². The maximum Gasteiger partial charge on any atom is 0.187 e. The third-order valence-electron chi connectivity index (χ3n) is 8.53. The highest BCUT2D eigenvalue weighted by Gasteiger charge is 2.52. The van der Waals surface area contributed by atoms with Gasteiger partial charge in [-0.2, -0.15) is 0 Å². The molecule has 0 radical (unpaired) electrons. The van der Waals surface area contributed by atoms with Gasteiger partial charge in [0.05, 0.1) is 24.9 Å². The highest BCUT2D eigenvalue weighted by Crippen LogP contribution is 2.37. The predicted molar refractivity (Wildman–Crippen MR) is 147 cm³/mol. The van der Waals surface area contributed by atoms with Crippen molar-refractivity contribution in [2.24, 2.45) is 17.4 Å². The molecule has 42 heavy (non-hydrogen) atoms. The van der Waals surface area contributed by atoms with Crippen LogP contribution in [0.15, 0.2) is 0 Å². The van der Waals surface area contributed by atoms with E-state index in [9.17, 15) is 35.7 Å². The second-order valence-electron chi connectivity index (χ2n) is 11.9. The molecule has 16 heteroatoms. The maximum atomic E-state index is 11.5. The van der Waals surface area contributed by atoms with Gasteiger partial charge in [0.15, 0.2) is 12.6 Å². The van der Waals surface area contributed by atoms with Crippen molar-refractivity contribution in [3.63, 3.8) is 0 Å². The summed E-state index contributed by atoms with van der Waals surface area (Å²) in [7, 11) is 1.58. The van der Waals surface area contributed by atoms with Crippen LogP contribution in [0.4, 0.5) is 0 Å². The molecule has 14 N–H and O–H groups in total. The molecule has 248 valence electrons. The first-order valence-electron chi connectivity index (χ1n) is 14.7. The van der Waals surface area contributed by atoms with E-state index in [2.05, 4.69) is 10.6 Å². The van der Waals surface area contributed by atoms with E-state index in [4.69, 9.17) is 35.5 Å².